The van der Waals surface area contributed by atoms with Crippen LogP contribution < -0.4 is 0 Å². The fourth-order valence-electron chi connectivity index (χ4n) is 5.15. The van der Waals surface area contributed by atoms with E-state index in [1.165, 1.54) is 57.1 Å². The van der Waals surface area contributed by atoms with Crippen molar-refractivity contribution in [3.05, 3.63) is 47.3 Å². The van der Waals surface area contributed by atoms with Crippen molar-refractivity contribution >= 4 is 0 Å². The fourth-order valence-corrected chi connectivity index (χ4v) is 5.15. The second-order valence-electron chi connectivity index (χ2n) is 8.79. The summed E-state index contributed by atoms with van der Waals surface area (Å²) in [5, 5.41) is 0. The van der Waals surface area contributed by atoms with Crippen molar-refractivity contribution in [2.24, 2.45) is 17.8 Å². The molecule has 3 rings (SSSR count). The number of halogens is 3. The molecule has 0 spiro atoms. The first kappa shape index (κ1) is 20.5. The van der Waals surface area contributed by atoms with Gasteiger partial charge in [-0.2, -0.15) is 0 Å². The van der Waals surface area contributed by atoms with Gasteiger partial charge in [-0.25, -0.2) is 13.2 Å². The predicted octanol–water partition coefficient (Wildman–Crippen LogP) is 7.93. The first-order valence-electron chi connectivity index (χ1n) is 10.8. The Balaban J connectivity index is 1.39. The van der Waals surface area contributed by atoms with E-state index in [0.29, 0.717) is 5.56 Å². The molecule has 0 saturated heterocycles. The first-order valence-corrected chi connectivity index (χ1v) is 10.8. The molecule has 27 heavy (non-hydrogen) atoms. The molecule has 0 bridgehead atoms. The second-order valence-corrected chi connectivity index (χ2v) is 8.79. The van der Waals surface area contributed by atoms with Crippen LogP contribution in [0.3, 0.4) is 0 Å². The lowest BCUT2D eigenvalue weighted by Crippen LogP contribution is -2.17. The number of hydrogen-bond donors (Lipinski definition) is 0. The topological polar surface area (TPSA) is 0 Å². The van der Waals surface area contributed by atoms with Crippen LogP contribution in [0.25, 0.3) is 0 Å². The molecule has 2 saturated carbocycles. The summed E-state index contributed by atoms with van der Waals surface area (Å²) in [6, 6.07) is 2.38. The minimum Gasteiger partial charge on any atom is -0.204 e. The highest BCUT2D eigenvalue weighted by Gasteiger charge is 2.26. The van der Waals surface area contributed by atoms with E-state index in [2.05, 4.69) is 19.1 Å². The van der Waals surface area contributed by atoms with Crippen LogP contribution in [0.4, 0.5) is 13.2 Å². The van der Waals surface area contributed by atoms with E-state index in [-0.39, 0.29) is 5.92 Å². The van der Waals surface area contributed by atoms with Crippen LogP contribution in [0.1, 0.15) is 89.0 Å². The Bertz CT molecular complexity index is 598. The maximum absolute atomic E-state index is 13.5. The van der Waals surface area contributed by atoms with Crippen LogP contribution >= 0.6 is 0 Å². The number of benzene rings is 1. The molecule has 0 amide bonds. The van der Waals surface area contributed by atoms with Gasteiger partial charge in [0.05, 0.1) is 0 Å². The van der Waals surface area contributed by atoms with E-state index in [9.17, 15) is 13.2 Å². The first-order chi connectivity index (χ1) is 13.1. The highest BCUT2D eigenvalue weighted by Crippen LogP contribution is 2.40. The lowest BCUT2D eigenvalue weighted by Gasteiger charge is -2.32. The summed E-state index contributed by atoms with van der Waals surface area (Å²) >= 11 is 0. The van der Waals surface area contributed by atoms with Crippen LogP contribution in [0, 0.1) is 35.2 Å². The number of hydrogen-bond acceptors (Lipinski definition) is 0. The summed E-state index contributed by atoms with van der Waals surface area (Å²) in [6.07, 6.45) is 18.1. The van der Waals surface area contributed by atoms with Crippen molar-refractivity contribution in [2.75, 3.05) is 0 Å². The van der Waals surface area contributed by atoms with Crippen molar-refractivity contribution in [3.63, 3.8) is 0 Å². The Labute approximate surface area is 162 Å². The molecule has 0 N–H and O–H groups in total. The van der Waals surface area contributed by atoms with E-state index < -0.39 is 17.5 Å². The summed E-state index contributed by atoms with van der Waals surface area (Å²) < 4.78 is 40.1. The molecule has 0 radical (unpaired) electrons. The summed E-state index contributed by atoms with van der Waals surface area (Å²) in [6.45, 7) is 2.10. The highest BCUT2D eigenvalue weighted by atomic mass is 19.2. The fraction of sp³-hybridized carbons (Fsp3) is 0.667. The molecule has 1 aromatic carbocycles. The molecule has 0 nitrogen and oxygen atoms in total. The second kappa shape index (κ2) is 9.80. The van der Waals surface area contributed by atoms with Crippen molar-refractivity contribution in [2.45, 2.75) is 83.5 Å². The lowest BCUT2D eigenvalue weighted by atomic mass is 9.74. The third kappa shape index (κ3) is 5.62. The van der Waals surface area contributed by atoms with Gasteiger partial charge in [0.2, 0.25) is 0 Å². The molecule has 0 unspecified atom stereocenters. The quantitative estimate of drug-likeness (QED) is 0.348. The average Bonchev–Trinajstić information content (AvgIpc) is 2.69. The van der Waals surface area contributed by atoms with Crippen molar-refractivity contribution in [3.8, 4) is 0 Å². The summed E-state index contributed by atoms with van der Waals surface area (Å²) in [4.78, 5) is 0. The van der Waals surface area contributed by atoms with E-state index >= 15 is 0 Å². The van der Waals surface area contributed by atoms with Crippen LogP contribution in [-0.2, 0) is 0 Å². The molecule has 3 heteroatoms. The molecular formula is C24H33F3. The van der Waals surface area contributed by atoms with E-state index in [1.54, 1.807) is 0 Å². The molecule has 1 aromatic rings. The largest absolute Gasteiger partial charge is 0.204 e. The Morgan fingerprint density at radius 1 is 0.778 bits per heavy atom. The van der Waals surface area contributed by atoms with Gasteiger partial charge < -0.3 is 0 Å². The Morgan fingerprint density at radius 3 is 1.78 bits per heavy atom. The minimum atomic E-state index is -1.35. The van der Waals surface area contributed by atoms with Crippen LogP contribution in [0.5, 0.6) is 0 Å². The third-order valence-electron chi connectivity index (χ3n) is 6.98. The van der Waals surface area contributed by atoms with E-state index in [4.69, 9.17) is 0 Å². The zero-order chi connectivity index (χ0) is 19.2. The average molecular weight is 379 g/mol. The Kier molecular flexibility index (Phi) is 7.43. The number of rotatable bonds is 6. The van der Waals surface area contributed by atoms with Gasteiger partial charge in [0.25, 0.3) is 0 Å². The van der Waals surface area contributed by atoms with Gasteiger partial charge in [0, 0.05) is 0 Å². The van der Waals surface area contributed by atoms with Gasteiger partial charge in [-0.15, -0.1) is 0 Å². The van der Waals surface area contributed by atoms with Gasteiger partial charge in [0.15, 0.2) is 17.5 Å². The van der Waals surface area contributed by atoms with Gasteiger partial charge in [-0.3, -0.25) is 0 Å². The molecular weight excluding hydrogens is 345 g/mol. The van der Waals surface area contributed by atoms with Gasteiger partial charge in [-0.05, 0) is 93.2 Å². The zero-order valence-corrected chi connectivity index (χ0v) is 16.5. The molecule has 150 valence electrons. The minimum absolute atomic E-state index is 0.174. The monoisotopic (exact) mass is 378 g/mol. The van der Waals surface area contributed by atoms with Crippen LogP contribution in [0.15, 0.2) is 24.3 Å². The summed E-state index contributed by atoms with van der Waals surface area (Å²) in [5.74, 6) is -0.763. The Hall–Kier alpha value is -1.25. The molecule has 0 heterocycles. The normalized spacial score (nSPS) is 29.3. The van der Waals surface area contributed by atoms with E-state index in [0.717, 1.165) is 43.4 Å². The maximum atomic E-state index is 13.5. The van der Waals surface area contributed by atoms with Crippen molar-refractivity contribution in [1.29, 1.82) is 0 Å². The van der Waals surface area contributed by atoms with Crippen molar-refractivity contribution in [1.82, 2.24) is 0 Å². The smallest absolute Gasteiger partial charge is 0.194 e. The molecule has 0 atom stereocenters. The van der Waals surface area contributed by atoms with Crippen LogP contribution in [0.2, 0.25) is 0 Å². The SMILES string of the molecule is C/C=C/C[C@H]1CC[C@H](CC[C@H]2CC[C@H](c3cc(F)c(F)c(F)c3)CC2)CC1. The molecule has 0 aromatic heterocycles. The maximum Gasteiger partial charge on any atom is 0.194 e. The zero-order valence-electron chi connectivity index (χ0n) is 16.5. The summed E-state index contributed by atoms with van der Waals surface area (Å²) in [5.41, 5.74) is 0.629. The van der Waals surface area contributed by atoms with Crippen molar-refractivity contribution < 1.29 is 13.2 Å². The predicted molar refractivity (Wildman–Crippen MR) is 105 cm³/mol. The molecule has 2 aliphatic rings. The molecule has 0 aliphatic heterocycles. The molecule has 2 aliphatic carbocycles. The Morgan fingerprint density at radius 2 is 1.26 bits per heavy atom. The summed E-state index contributed by atoms with van der Waals surface area (Å²) in [7, 11) is 0. The van der Waals surface area contributed by atoms with Gasteiger partial charge in [0.1, 0.15) is 0 Å². The van der Waals surface area contributed by atoms with E-state index in [1.807, 2.05) is 0 Å². The lowest BCUT2D eigenvalue weighted by molar-refractivity contribution is 0.231. The van der Waals surface area contributed by atoms with Crippen LogP contribution in [-0.4, -0.2) is 0 Å². The van der Waals surface area contributed by atoms with Gasteiger partial charge >= 0.3 is 0 Å². The number of allylic oxidation sites excluding steroid dienone is 2. The highest BCUT2D eigenvalue weighted by molar-refractivity contribution is 5.23. The molecule has 2 fully saturated rings. The standard InChI is InChI=1S/C24H33F3/c1-2-3-4-17-5-7-18(8-6-17)9-10-19-11-13-20(14-12-19)21-15-22(25)24(27)23(26)16-21/h2-3,15-20H,4-14H2,1H3/b3-2+/t17-,18-,19-,20-. The third-order valence-corrected chi connectivity index (χ3v) is 6.98. The van der Waals surface area contributed by atoms with Gasteiger partial charge in [-0.1, -0.05) is 37.8 Å².